The smallest absolute Gasteiger partial charge is 0.318 e. The molecular weight excluding hydrogens is 441 g/mol. The molecule has 1 aromatic carbocycles. The Morgan fingerprint density at radius 2 is 1.94 bits per heavy atom. The fourth-order valence-electron chi connectivity index (χ4n) is 3.84. The van der Waals surface area contributed by atoms with E-state index in [1.165, 1.54) is 17.0 Å². The number of nitrogens with zero attached hydrogens (tertiary/aromatic N) is 2. The second-order valence-electron chi connectivity index (χ2n) is 9.13. The number of amides is 3. The molecule has 180 valence electrons. The van der Waals surface area contributed by atoms with Crippen LogP contribution in [0.15, 0.2) is 35.7 Å². The summed E-state index contributed by atoms with van der Waals surface area (Å²) in [5.41, 5.74) is 1.09. The van der Waals surface area contributed by atoms with E-state index in [9.17, 15) is 14.0 Å². The van der Waals surface area contributed by atoms with Gasteiger partial charge in [-0.3, -0.25) is 4.79 Å². The summed E-state index contributed by atoms with van der Waals surface area (Å²) in [6.45, 7) is 9.42. The Labute approximate surface area is 199 Å². The van der Waals surface area contributed by atoms with Gasteiger partial charge in [-0.1, -0.05) is 13.8 Å². The first kappa shape index (κ1) is 25.0. The van der Waals surface area contributed by atoms with Crippen LogP contribution in [0.5, 0.6) is 5.75 Å². The number of urea groups is 1. The average molecular weight is 476 g/mol. The summed E-state index contributed by atoms with van der Waals surface area (Å²) in [4.78, 5) is 30.9. The summed E-state index contributed by atoms with van der Waals surface area (Å²) in [7, 11) is 0. The molecule has 2 aromatic rings. The zero-order valence-corrected chi connectivity index (χ0v) is 20.7. The molecule has 1 N–H and O–H groups in total. The van der Waals surface area contributed by atoms with Crippen molar-refractivity contribution in [2.24, 2.45) is 5.92 Å². The van der Waals surface area contributed by atoms with Crippen molar-refractivity contribution in [3.05, 3.63) is 52.0 Å². The van der Waals surface area contributed by atoms with Gasteiger partial charge < -0.3 is 19.9 Å². The third-order valence-corrected chi connectivity index (χ3v) is 6.64. The highest BCUT2D eigenvalue weighted by molar-refractivity contribution is 7.10. The van der Waals surface area contributed by atoms with E-state index in [0.717, 1.165) is 18.4 Å². The summed E-state index contributed by atoms with van der Waals surface area (Å²) in [5, 5.41) is 4.95. The fraction of sp³-hybridized carbons (Fsp3) is 0.520. The van der Waals surface area contributed by atoms with E-state index in [4.69, 9.17) is 4.74 Å². The molecule has 0 saturated carbocycles. The van der Waals surface area contributed by atoms with Crippen LogP contribution in [0.2, 0.25) is 0 Å². The Morgan fingerprint density at radius 3 is 2.61 bits per heavy atom. The second-order valence-corrected chi connectivity index (χ2v) is 10.1. The number of carbonyl (C=O) groups is 2. The number of hydrogen-bond acceptors (Lipinski definition) is 4. The minimum absolute atomic E-state index is 0.00522. The van der Waals surface area contributed by atoms with Crippen molar-refractivity contribution >= 4 is 23.3 Å². The van der Waals surface area contributed by atoms with E-state index in [0.29, 0.717) is 24.8 Å². The molecule has 1 unspecified atom stereocenters. The number of fused-ring (bicyclic) bond motifs is 1. The Balaban J connectivity index is 1.74. The van der Waals surface area contributed by atoms with Crippen LogP contribution in [0.3, 0.4) is 0 Å². The Kier molecular flexibility index (Phi) is 8.72. The number of halogens is 1. The summed E-state index contributed by atoms with van der Waals surface area (Å²) in [5.74, 6) is 0.566. The van der Waals surface area contributed by atoms with Gasteiger partial charge in [-0.05, 0) is 73.9 Å². The highest BCUT2D eigenvalue weighted by atomic mass is 32.1. The summed E-state index contributed by atoms with van der Waals surface area (Å²) >= 11 is 1.69. The van der Waals surface area contributed by atoms with Gasteiger partial charge in [-0.2, -0.15) is 0 Å². The van der Waals surface area contributed by atoms with E-state index in [1.807, 2.05) is 30.2 Å². The topological polar surface area (TPSA) is 61.9 Å². The molecular formula is C25H34FN3O3S. The van der Waals surface area contributed by atoms with Crippen LogP contribution >= 0.6 is 11.3 Å². The van der Waals surface area contributed by atoms with Crippen molar-refractivity contribution in [2.75, 3.05) is 26.2 Å². The van der Waals surface area contributed by atoms with E-state index in [1.54, 1.807) is 28.4 Å². The number of nitrogens with one attached hydrogen (secondary N) is 1. The van der Waals surface area contributed by atoms with Crippen molar-refractivity contribution in [1.82, 2.24) is 15.1 Å². The van der Waals surface area contributed by atoms with Gasteiger partial charge in [-0.15, -0.1) is 11.3 Å². The SMILES string of the molecule is CC(C)CCN(CC(=O)N1CCc2sccc2C1COc1ccc(F)cc1)C(=O)NC(C)C. The maximum absolute atomic E-state index is 13.4. The molecule has 0 aliphatic carbocycles. The molecule has 0 spiro atoms. The number of rotatable bonds is 9. The maximum Gasteiger partial charge on any atom is 0.318 e. The van der Waals surface area contributed by atoms with E-state index in [2.05, 4.69) is 19.2 Å². The summed E-state index contributed by atoms with van der Waals surface area (Å²) in [6.07, 6.45) is 1.61. The van der Waals surface area contributed by atoms with Crippen LogP contribution in [0.25, 0.3) is 0 Å². The molecule has 2 heterocycles. The molecule has 6 nitrogen and oxygen atoms in total. The second kappa shape index (κ2) is 11.5. The normalized spacial score (nSPS) is 15.5. The zero-order chi connectivity index (χ0) is 24.0. The quantitative estimate of drug-likeness (QED) is 0.564. The summed E-state index contributed by atoms with van der Waals surface area (Å²) in [6, 6.07) is 7.45. The van der Waals surface area contributed by atoms with E-state index >= 15 is 0 Å². The van der Waals surface area contributed by atoms with Gasteiger partial charge in [0.05, 0.1) is 6.04 Å². The Hall–Kier alpha value is -2.61. The van der Waals surface area contributed by atoms with Crippen molar-refractivity contribution in [1.29, 1.82) is 0 Å². The molecule has 0 bridgehead atoms. The Bertz CT molecular complexity index is 929. The first-order valence-electron chi connectivity index (χ1n) is 11.5. The molecule has 8 heteroatoms. The number of carbonyl (C=O) groups excluding carboxylic acids is 2. The molecule has 0 fully saturated rings. The van der Waals surface area contributed by atoms with E-state index in [-0.39, 0.29) is 43.0 Å². The highest BCUT2D eigenvalue weighted by Gasteiger charge is 2.33. The maximum atomic E-state index is 13.4. The average Bonchev–Trinajstić information content (AvgIpc) is 3.24. The number of thiophene rings is 1. The lowest BCUT2D eigenvalue weighted by Gasteiger charge is -2.37. The molecule has 0 radical (unpaired) electrons. The minimum Gasteiger partial charge on any atom is -0.491 e. The third kappa shape index (κ3) is 6.93. The van der Waals surface area contributed by atoms with Crippen molar-refractivity contribution in [3.8, 4) is 5.75 Å². The lowest BCUT2D eigenvalue weighted by molar-refractivity contribution is -0.135. The fourth-order valence-corrected chi connectivity index (χ4v) is 4.77. The van der Waals surface area contributed by atoms with Crippen LogP contribution in [0, 0.1) is 11.7 Å². The molecule has 3 rings (SSSR count). The third-order valence-electron chi connectivity index (χ3n) is 5.64. The zero-order valence-electron chi connectivity index (χ0n) is 19.8. The van der Waals surface area contributed by atoms with Crippen LogP contribution in [-0.2, 0) is 11.2 Å². The highest BCUT2D eigenvalue weighted by Crippen LogP contribution is 2.34. The number of ether oxygens (including phenoxy) is 1. The van der Waals surface area contributed by atoms with Gasteiger partial charge in [0, 0.05) is 24.0 Å². The number of benzene rings is 1. The van der Waals surface area contributed by atoms with Gasteiger partial charge in [0.15, 0.2) is 0 Å². The van der Waals surface area contributed by atoms with Crippen LogP contribution in [0.1, 0.15) is 50.6 Å². The van der Waals surface area contributed by atoms with Gasteiger partial charge in [-0.25, -0.2) is 9.18 Å². The molecule has 1 atom stereocenters. The van der Waals surface area contributed by atoms with Gasteiger partial charge in [0.25, 0.3) is 0 Å². The lowest BCUT2D eigenvalue weighted by atomic mass is 10.0. The number of hydrogen-bond donors (Lipinski definition) is 1. The largest absolute Gasteiger partial charge is 0.491 e. The minimum atomic E-state index is -0.321. The van der Waals surface area contributed by atoms with Crippen LogP contribution in [0.4, 0.5) is 9.18 Å². The molecule has 1 aliphatic heterocycles. The lowest BCUT2D eigenvalue weighted by Crippen LogP contribution is -2.51. The predicted octanol–water partition coefficient (Wildman–Crippen LogP) is 4.86. The van der Waals surface area contributed by atoms with Gasteiger partial charge >= 0.3 is 6.03 Å². The van der Waals surface area contributed by atoms with Gasteiger partial charge in [0.2, 0.25) is 5.91 Å². The van der Waals surface area contributed by atoms with Crippen LogP contribution in [-0.4, -0.2) is 54.0 Å². The van der Waals surface area contributed by atoms with Crippen LogP contribution < -0.4 is 10.1 Å². The predicted molar refractivity (Wildman–Crippen MR) is 129 cm³/mol. The molecule has 0 saturated heterocycles. The van der Waals surface area contributed by atoms with Crippen molar-refractivity contribution in [3.63, 3.8) is 0 Å². The Morgan fingerprint density at radius 1 is 1.21 bits per heavy atom. The standard InChI is InChI=1S/C25H34FN3O3S/c1-17(2)9-12-28(25(31)27-18(3)4)15-24(30)29-13-10-23-21(11-14-33-23)22(29)16-32-20-7-5-19(26)6-8-20/h5-8,11,14,17-18,22H,9-10,12-13,15-16H2,1-4H3,(H,27,31). The van der Waals surface area contributed by atoms with E-state index < -0.39 is 0 Å². The molecule has 1 aliphatic rings. The summed E-state index contributed by atoms with van der Waals surface area (Å²) < 4.78 is 19.2. The molecule has 1 aromatic heterocycles. The van der Waals surface area contributed by atoms with Crippen molar-refractivity contribution < 1.29 is 18.7 Å². The monoisotopic (exact) mass is 475 g/mol. The molecule has 3 amide bonds. The van der Waals surface area contributed by atoms with Crippen molar-refractivity contribution in [2.45, 2.75) is 52.6 Å². The first-order chi connectivity index (χ1) is 15.7. The molecule has 33 heavy (non-hydrogen) atoms. The van der Waals surface area contributed by atoms with Gasteiger partial charge in [0.1, 0.15) is 24.7 Å². The first-order valence-corrected chi connectivity index (χ1v) is 12.4.